The molecule has 0 N–H and O–H groups in total. The smallest absolute Gasteiger partial charge is 0.285 e. The van der Waals surface area contributed by atoms with Crippen LogP contribution in [0.5, 0.6) is 0 Å². The van der Waals surface area contributed by atoms with Crippen LogP contribution >= 0.6 is 0 Å². The SMILES string of the molecule is [C-]#[N+]c1cc(C)c(N2CCC([N+](CC)(CC)CC)C2=O)c(C)c1. The van der Waals surface area contributed by atoms with Gasteiger partial charge in [0.05, 0.1) is 26.2 Å². The largest absolute Gasteiger partial charge is 0.314 e. The number of nitrogens with zero attached hydrogens (tertiary/aromatic N) is 3. The number of carbonyl (C=O) groups excluding carboxylic acids is 1. The van der Waals surface area contributed by atoms with E-state index in [0.717, 1.165) is 53.9 Å². The second-order valence-corrected chi connectivity index (χ2v) is 6.50. The van der Waals surface area contributed by atoms with Crippen molar-refractivity contribution in [3.05, 3.63) is 34.7 Å². The highest BCUT2D eigenvalue weighted by atomic mass is 16.2. The Morgan fingerprint density at radius 2 is 1.70 bits per heavy atom. The van der Waals surface area contributed by atoms with Gasteiger partial charge in [-0.1, -0.05) is 12.1 Å². The van der Waals surface area contributed by atoms with Crippen LogP contribution in [0.3, 0.4) is 0 Å². The average molecular weight is 314 g/mol. The lowest BCUT2D eigenvalue weighted by molar-refractivity contribution is -0.937. The average Bonchev–Trinajstić information content (AvgIpc) is 2.91. The number of hydrogen-bond acceptors (Lipinski definition) is 1. The van der Waals surface area contributed by atoms with Crippen molar-refractivity contribution in [2.24, 2.45) is 0 Å². The number of carbonyl (C=O) groups is 1. The first-order chi connectivity index (χ1) is 10.9. The summed E-state index contributed by atoms with van der Waals surface area (Å²) >= 11 is 0. The van der Waals surface area contributed by atoms with Gasteiger partial charge in [0.1, 0.15) is 0 Å². The van der Waals surface area contributed by atoms with Crippen LogP contribution < -0.4 is 4.90 Å². The van der Waals surface area contributed by atoms with Crippen LogP contribution in [0.25, 0.3) is 4.85 Å². The van der Waals surface area contributed by atoms with Crippen molar-refractivity contribution in [1.82, 2.24) is 0 Å². The molecule has 124 valence electrons. The molecular formula is C19H28N3O+. The molecule has 1 atom stereocenters. The van der Waals surface area contributed by atoms with Crippen LogP contribution in [-0.4, -0.2) is 42.6 Å². The van der Waals surface area contributed by atoms with E-state index >= 15 is 0 Å². The zero-order valence-electron chi connectivity index (χ0n) is 15.0. The van der Waals surface area contributed by atoms with Crippen LogP contribution in [0.2, 0.25) is 0 Å². The zero-order chi connectivity index (χ0) is 17.2. The normalized spacial score (nSPS) is 18.3. The summed E-state index contributed by atoms with van der Waals surface area (Å²) in [5.41, 5.74) is 3.69. The molecule has 23 heavy (non-hydrogen) atoms. The molecule has 1 unspecified atom stereocenters. The van der Waals surface area contributed by atoms with Crippen LogP contribution in [0.4, 0.5) is 11.4 Å². The number of likely N-dealkylation sites (N-methyl/N-ethyl adjacent to an activating group) is 1. The van der Waals surface area contributed by atoms with Gasteiger partial charge in [-0.25, -0.2) is 4.85 Å². The minimum Gasteiger partial charge on any atom is -0.314 e. The molecule has 4 heteroatoms. The van der Waals surface area contributed by atoms with E-state index in [9.17, 15) is 4.79 Å². The van der Waals surface area contributed by atoms with Crippen LogP contribution in [0.15, 0.2) is 12.1 Å². The van der Waals surface area contributed by atoms with E-state index in [1.807, 2.05) is 30.9 Å². The standard InChI is InChI=1S/C19H28N3O/c1-7-22(8-2,9-3)17-10-11-21(19(17)23)18-14(4)12-16(20-6)13-15(18)5/h12-13,17H,7-11H2,1-5H3/q+1. The Morgan fingerprint density at radius 1 is 1.17 bits per heavy atom. The van der Waals surface area contributed by atoms with Gasteiger partial charge in [0.2, 0.25) is 0 Å². The molecule has 0 radical (unpaired) electrons. The predicted molar refractivity (Wildman–Crippen MR) is 94.8 cm³/mol. The first-order valence-corrected chi connectivity index (χ1v) is 8.59. The molecule has 1 amide bonds. The molecule has 4 nitrogen and oxygen atoms in total. The van der Waals surface area contributed by atoms with Gasteiger partial charge in [0.25, 0.3) is 5.91 Å². The number of aryl methyl sites for hydroxylation is 2. The second kappa shape index (κ2) is 6.72. The maximum atomic E-state index is 13.1. The van der Waals surface area contributed by atoms with Gasteiger partial charge in [-0.3, -0.25) is 4.79 Å². The van der Waals surface area contributed by atoms with Crippen molar-refractivity contribution in [2.45, 2.75) is 47.1 Å². The molecule has 0 aliphatic carbocycles. The number of amides is 1. The third-order valence-corrected chi connectivity index (χ3v) is 5.60. The van der Waals surface area contributed by atoms with E-state index in [1.165, 1.54) is 0 Å². The molecule has 0 aromatic heterocycles. The quantitative estimate of drug-likeness (QED) is 0.599. The van der Waals surface area contributed by atoms with Crippen molar-refractivity contribution >= 4 is 17.3 Å². The topological polar surface area (TPSA) is 24.7 Å². The first-order valence-electron chi connectivity index (χ1n) is 8.59. The number of rotatable bonds is 5. The summed E-state index contributed by atoms with van der Waals surface area (Å²) in [5, 5.41) is 0. The number of benzene rings is 1. The molecule has 1 heterocycles. The van der Waals surface area contributed by atoms with Gasteiger partial charge in [-0.05, 0) is 45.7 Å². The molecule has 1 saturated heterocycles. The Kier molecular flexibility index (Phi) is 5.11. The molecule has 1 aromatic carbocycles. The van der Waals surface area contributed by atoms with Gasteiger partial charge in [0.15, 0.2) is 11.7 Å². The predicted octanol–water partition coefficient (Wildman–Crippen LogP) is 3.84. The summed E-state index contributed by atoms with van der Waals surface area (Å²) in [7, 11) is 0. The minimum atomic E-state index is 0.0642. The summed E-state index contributed by atoms with van der Waals surface area (Å²) < 4.78 is 0.869. The van der Waals surface area contributed by atoms with Crippen molar-refractivity contribution in [3.63, 3.8) is 0 Å². The maximum Gasteiger partial charge on any atom is 0.285 e. The fourth-order valence-corrected chi connectivity index (χ4v) is 4.15. The highest BCUT2D eigenvalue weighted by Crippen LogP contribution is 2.35. The van der Waals surface area contributed by atoms with E-state index in [2.05, 4.69) is 25.6 Å². The van der Waals surface area contributed by atoms with E-state index in [-0.39, 0.29) is 11.9 Å². The fourth-order valence-electron chi connectivity index (χ4n) is 4.15. The van der Waals surface area contributed by atoms with E-state index in [0.29, 0.717) is 5.69 Å². The summed E-state index contributed by atoms with van der Waals surface area (Å²) in [6, 6.07) is 3.84. The lowest BCUT2D eigenvalue weighted by Gasteiger charge is -2.40. The highest BCUT2D eigenvalue weighted by Gasteiger charge is 2.45. The van der Waals surface area contributed by atoms with E-state index in [4.69, 9.17) is 6.57 Å². The summed E-state index contributed by atoms with van der Waals surface area (Å²) in [6.45, 7) is 21.5. The first kappa shape index (κ1) is 17.5. The lowest BCUT2D eigenvalue weighted by Crippen LogP contribution is -2.58. The zero-order valence-corrected chi connectivity index (χ0v) is 15.0. The van der Waals surface area contributed by atoms with Gasteiger partial charge < -0.3 is 9.38 Å². The minimum absolute atomic E-state index is 0.0642. The van der Waals surface area contributed by atoms with E-state index in [1.54, 1.807) is 0 Å². The van der Waals surface area contributed by atoms with Crippen LogP contribution in [-0.2, 0) is 4.79 Å². The molecule has 1 fully saturated rings. The number of quaternary nitrogens is 1. The molecule has 0 saturated carbocycles. The molecular weight excluding hydrogens is 286 g/mol. The second-order valence-electron chi connectivity index (χ2n) is 6.50. The monoisotopic (exact) mass is 314 g/mol. The summed E-state index contributed by atoms with van der Waals surface area (Å²) in [4.78, 5) is 18.6. The van der Waals surface area contributed by atoms with Crippen molar-refractivity contribution in [1.29, 1.82) is 0 Å². The molecule has 1 aromatic rings. The Hall–Kier alpha value is -1.86. The number of hydrogen-bond donors (Lipinski definition) is 0. The maximum absolute atomic E-state index is 13.1. The third kappa shape index (κ3) is 2.86. The highest BCUT2D eigenvalue weighted by molar-refractivity contribution is 6.00. The Labute approximate surface area is 140 Å². The lowest BCUT2D eigenvalue weighted by atomic mass is 10.1. The molecule has 1 aliphatic rings. The molecule has 0 bridgehead atoms. The van der Waals surface area contributed by atoms with Gasteiger partial charge in [-0.15, -0.1) is 0 Å². The number of anilines is 1. The summed E-state index contributed by atoms with van der Waals surface area (Å²) in [6.07, 6.45) is 0.914. The van der Waals surface area contributed by atoms with Crippen molar-refractivity contribution < 1.29 is 9.28 Å². The third-order valence-electron chi connectivity index (χ3n) is 5.60. The molecule has 2 rings (SSSR count). The van der Waals surface area contributed by atoms with Crippen molar-refractivity contribution in [3.8, 4) is 0 Å². The Bertz CT molecular complexity index is 609. The van der Waals surface area contributed by atoms with Crippen LogP contribution in [0, 0.1) is 20.4 Å². The molecule has 0 spiro atoms. The summed E-state index contributed by atoms with van der Waals surface area (Å²) in [5.74, 6) is 0.248. The Balaban J connectivity index is 2.39. The molecule has 1 aliphatic heterocycles. The van der Waals surface area contributed by atoms with E-state index < -0.39 is 0 Å². The van der Waals surface area contributed by atoms with Gasteiger partial charge in [0, 0.05) is 18.7 Å². The van der Waals surface area contributed by atoms with Gasteiger partial charge >= 0.3 is 0 Å². The fraction of sp³-hybridized carbons (Fsp3) is 0.579. The van der Waals surface area contributed by atoms with Crippen LogP contribution in [0.1, 0.15) is 38.3 Å². The Morgan fingerprint density at radius 3 is 2.13 bits per heavy atom. The van der Waals surface area contributed by atoms with Crippen molar-refractivity contribution in [2.75, 3.05) is 31.1 Å². The van der Waals surface area contributed by atoms with Gasteiger partial charge in [-0.2, -0.15) is 0 Å².